The minimum Gasteiger partial charge on any atom is -0.497 e. The molecule has 5 rings (SSSR count). The average Bonchev–Trinajstić information content (AvgIpc) is 2.87. The van der Waals surface area contributed by atoms with Crippen LogP contribution in [0.4, 0.5) is 0 Å². The molecule has 2 heterocycles. The number of fused-ring (bicyclic) bond motifs is 2. The van der Waals surface area contributed by atoms with Gasteiger partial charge in [0.1, 0.15) is 23.8 Å². The molecule has 0 saturated carbocycles. The minimum absolute atomic E-state index is 0.270. The van der Waals surface area contributed by atoms with E-state index >= 15 is 0 Å². The number of hydrogen-bond acceptors (Lipinski definition) is 5. The molecule has 0 fully saturated rings. The molecule has 0 N–H and O–H groups in total. The molecule has 0 radical (unpaired) electrons. The lowest BCUT2D eigenvalue weighted by Crippen LogP contribution is -2.34. The van der Waals surface area contributed by atoms with Crippen LogP contribution in [0, 0.1) is 13.8 Å². The monoisotopic (exact) mass is 455 g/mol. The molecule has 3 aromatic carbocycles. The Kier molecular flexibility index (Phi) is 6.12. The van der Waals surface area contributed by atoms with E-state index in [1.165, 1.54) is 5.56 Å². The predicted octanol–water partition coefficient (Wildman–Crippen LogP) is 5.40. The van der Waals surface area contributed by atoms with E-state index in [0.717, 1.165) is 58.6 Å². The fourth-order valence-electron chi connectivity index (χ4n) is 4.72. The molecular weight excluding hydrogens is 426 g/mol. The molecule has 0 spiro atoms. The van der Waals surface area contributed by atoms with E-state index in [4.69, 9.17) is 13.9 Å². The molecule has 0 unspecified atom stereocenters. The van der Waals surface area contributed by atoms with Crippen LogP contribution in [0.3, 0.4) is 0 Å². The Morgan fingerprint density at radius 3 is 2.47 bits per heavy atom. The summed E-state index contributed by atoms with van der Waals surface area (Å²) in [7, 11) is 1.68. The van der Waals surface area contributed by atoms with Crippen molar-refractivity contribution in [3.8, 4) is 11.5 Å². The van der Waals surface area contributed by atoms with Crippen LogP contribution in [0.1, 0.15) is 33.4 Å². The maximum Gasteiger partial charge on any atom is 0.340 e. The van der Waals surface area contributed by atoms with E-state index in [2.05, 4.69) is 23.1 Å². The van der Waals surface area contributed by atoms with Gasteiger partial charge in [0.15, 0.2) is 0 Å². The summed E-state index contributed by atoms with van der Waals surface area (Å²) in [5.41, 5.74) is 6.45. The van der Waals surface area contributed by atoms with Crippen LogP contribution in [-0.4, -0.2) is 25.3 Å². The van der Waals surface area contributed by atoms with Gasteiger partial charge in [-0.15, -0.1) is 0 Å². The van der Waals surface area contributed by atoms with Gasteiger partial charge in [-0.1, -0.05) is 42.5 Å². The zero-order valence-electron chi connectivity index (χ0n) is 19.9. The number of rotatable bonds is 6. The smallest absolute Gasteiger partial charge is 0.340 e. The van der Waals surface area contributed by atoms with E-state index in [1.54, 1.807) is 7.11 Å². The summed E-state index contributed by atoms with van der Waals surface area (Å²) in [6.07, 6.45) is 1.50. The molecule has 5 heteroatoms. The Hall–Kier alpha value is -3.57. The summed E-state index contributed by atoms with van der Waals surface area (Å²) < 4.78 is 17.2. The van der Waals surface area contributed by atoms with Crippen LogP contribution in [0.25, 0.3) is 11.0 Å². The third kappa shape index (κ3) is 4.31. The van der Waals surface area contributed by atoms with Gasteiger partial charge in [0.25, 0.3) is 0 Å². The zero-order chi connectivity index (χ0) is 23.7. The Balaban J connectivity index is 1.42. The summed E-state index contributed by atoms with van der Waals surface area (Å²) in [4.78, 5) is 15.2. The molecule has 1 aliphatic rings. The molecule has 5 nitrogen and oxygen atoms in total. The highest BCUT2D eigenvalue weighted by molar-refractivity contribution is 5.87. The van der Waals surface area contributed by atoms with Gasteiger partial charge < -0.3 is 13.9 Å². The maximum absolute atomic E-state index is 12.9. The number of nitrogens with zero attached hydrogens (tertiary/aromatic N) is 1. The molecule has 0 amide bonds. The van der Waals surface area contributed by atoms with Crippen LogP contribution in [0.5, 0.6) is 11.5 Å². The second kappa shape index (κ2) is 9.35. The molecule has 0 aliphatic carbocycles. The molecule has 0 atom stereocenters. The number of aryl methyl sites for hydroxylation is 2. The van der Waals surface area contributed by atoms with Crippen molar-refractivity contribution in [1.82, 2.24) is 4.90 Å². The van der Waals surface area contributed by atoms with Gasteiger partial charge >= 0.3 is 5.63 Å². The molecule has 34 heavy (non-hydrogen) atoms. The van der Waals surface area contributed by atoms with Gasteiger partial charge in [-0.3, -0.25) is 4.90 Å². The second-order valence-electron chi connectivity index (χ2n) is 8.95. The molecule has 174 valence electrons. The highest BCUT2D eigenvalue weighted by atomic mass is 16.5. The van der Waals surface area contributed by atoms with Crippen molar-refractivity contribution in [1.29, 1.82) is 0 Å². The van der Waals surface area contributed by atoms with Gasteiger partial charge in [0.2, 0.25) is 0 Å². The normalized spacial score (nSPS) is 13.5. The SMILES string of the molecule is COc1ccc(CCN2COc3c(cc4c(C)c(Cc5ccccc5)c(=O)oc4c3C)C2)cc1. The first-order valence-electron chi connectivity index (χ1n) is 11.6. The van der Waals surface area contributed by atoms with E-state index in [1.807, 2.05) is 56.3 Å². The van der Waals surface area contributed by atoms with Crippen molar-refractivity contribution in [2.24, 2.45) is 0 Å². The van der Waals surface area contributed by atoms with Crippen molar-refractivity contribution in [3.63, 3.8) is 0 Å². The lowest BCUT2D eigenvalue weighted by molar-refractivity contribution is 0.0959. The van der Waals surface area contributed by atoms with Crippen molar-refractivity contribution in [2.45, 2.75) is 33.2 Å². The van der Waals surface area contributed by atoms with Crippen molar-refractivity contribution in [2.75, 3.05) is 20.4 Å². The van der Waals surface area contributed by atoms with E-state index in [-0.39, 0.29) is 5.63 Å². The molecule has 1 aliphatic heterocycles. The van der Waals surface area contributed by atoms with E-state index in [0.29, 0.717) is 24.3 Å². The third-order valence-corrected chi connectivity index (χ3v) is 6.72. The second-order valence-corrected chi connectivity index (χ2v) is 8.95. The summed E-state index contributed by atoms with van der Waals surface area (Å²) in [6, 6.07) is 20.4. The molecule has 1 aromatic heterocycles. The number of methoxy groups -OCH3 is 1. The average molecular weight is 456 g/mol. The standard InChI is InChI=1S/C29H29NO4/c1-19-25-16-23-17-30(14-13-21-9-11-24(32-3)12-10-21)18-33-27(23)20(2)28(25)34-29(31)26(19)15-22-7-5-4-6-8-22/h4-12,16H,13-15,17-18H2,1-3H3. The van der Waals surface area contributed by atoms with Crippen LogP contribution >= 0.6 is 0 Å². The summed E-state index contributed by atoms with van der Waals surface area (Å²) in [5, 5.41) is 0.988. The van der Waals surface area contributed by atoms with Crippen molar-refractivity contribution in [3.05, 3.63) is 104 Å². The topological polar surface area (TPSA) is 51.9 Å². The van der Waals surface area contributed by atoms with Crippen LogP contribution in [0.2, 0.25) is 0 Å². The Morgan fingerprint density at radius 1 is 0.971 bits per heavy atom. The third-order valence-electron chi connectivity index (χ3n) is 6.72. The van der Waals surface area contributed by atoms with Gasteiger partial charge in [-0.05, 0) is 55.2 Å². The fourth-order valence-corrected chi connectivity index (χ4v) is 4.72. The highest BCUT2D eigenvalue weighted by Gasteiger charge is 2.24. The van der Waals surface area contributed by atoms with Gasteiger partial charge in [0, 0.05) is 41.6 Å². The molecule has 4 aromatic rings. The minimum atomic E-state index is -0.270. The first kappa shape index (κ1) is 22.2. The van der Waals surface area contributed by atoms with Gasteiger partial charge in [-0.25, -0.2) is 4.79 Å². The summed E-state index contributed by atoms with van der Waals surface area (Å²) >= 11 is 0. The predicted molar refractivity (Wildman–Crippen MR) is 134 cm³/mol. The van der Waals surface area contributed by atoms with Crippen LogP contribution in [-0.2, 0) is 19.4 Å². The summed E-state index contributed by atoms with van der Waals surface area (Å²) in [6.45, 7) is 6.21. The zero-order valence-corrected chi connectivity index (χ0v) is 19.9. The molecule has 0 bridgehead atoms. The number of ether oxygens (including phenoxy) is 2. The van der Waals surface area contributed by atoms with E-state index in [9.17, 15) is 4.79 Å². The van der Waals surface area contributed by atoms with Crippen molar-refractivity contribution >= 4 is 11.0 Å². The number of benzene rings is 3. The van der Waals surface area contributed by atoms with Gasteiger partial charge in [0.05, 0.1) is 7.11 Å². The highest BCUT2D eigenvalue weighted by Crippen LogP contribution is 2.36. The largest absolute Gasteiger partial charge is 0.497 e. The van der Waals surface area contributed by atoms with Crippen molar-refractivity contribution < 1.29 is 13.9 Å². The molecule has 0 saturated heterocycles. The first-order chi connectivity index (χ1) is 16.5. The lowest BCUT2D eigenvalue weighted by atomic mass is 9.96. The quantitative estimate of drug-likeness (QED) is 0.364. The van der Waals surface area contributed by atoms with E-state index < -0.39 is 0 Å². The van der Waals surface area contributed by atoms with Crippen LogP contribution < -0.4 is 15.1 Å². The Morgan fingerprint density at radius 2 is 1.74 bits per heavy atom. The van der Waals surface area contributed by atoms with Gasteiger partial charge in [-0.2, -0.15) is 0 Å². The maximum atomic E-state index is 12.9. The molecular formula is C29H29NO4. The lowest BCUT2D eigenvalue weighted by Gasteiger charge is -2.30. The van der Waals surface area contributed by atoms with Crippen LogP contribution in [0.15, 0.2) is 69.9 Å². The Bertz CT molecular complexity index is 1370. The summed E-state index contributed by atoms with van der Waals surface area (Å²) in [5.74, 6) is 1.71. The fraction of sp³-hybridized carbons (Fsp3) is 0.276. The number of hydrogen-bond donors (Lipinski definition) is 0. The first-order valence-corrected chi connectivity index (χ1v) is 11.6. The Labute approximate surface area is 199 Å².